The van der Waals surface area contributed by atoms with Crippen LogP contribution in [0.2, 0.25) is 0 Å². The highest BCUT2D eigenvalue weighted by Crippen LogP contribution is 2.60. The van der Waals surface area contributed by atoms with Crippen LogP contribution in [0.1, 0.15) is 188 Å². The number of ether oxygens (including phenoxy) is 16. The van der Waals surface area contributed by atoms with Crippen molar-refractivity contribution < 1.29 is 135 Å². The van der Waals surface area contributed by atoms with Gasteiger partial charge in [0.05, 0.1) is 11.1 Å². The van der Waals surface area contributed by atoms with Crippen LogP contribution < -0.4 is 75.8 Å². The van der Waals surface area contributed by atoms with E-state index < -0.39 is 110 Å². The number of benzene rings is 12. The average molecular weight is 1640 g/mol. The molecule has 1 aliphatic carbocycles. The Morgan fingerprint density at radius 1 is 0.213 bits per heavy atom. The van der Waals surface area contributed by atoms with Crippen molar-refractivity contribution in [2.75, 3.05) is 0 Å². The topological polar surface area (TPSA) is 371 Å². The fraction of sp³-hybridized carbons (Fsp3) is 0.170. The number of carboxylic acids is 6. The molecule has 0 fully saturated rings. The molecular weight excluding hydrogens is 1580 g/mol. The zero-order valence-corrected chi connectivity index (χ0v) is 63.6. The van der Waals surface area contributed by atoms with Crippen LogP contribution in [0.5, 0.6) is 138 Å². The van der Waals surface area contributed by atoms with Gasteiger partial charge in [-0.25, -0.2) is 9.59 Å². The molecular formula is C94H64O28. The molecule has 9 aliphatic rings. The summed E-state index contributed by atoms with van der Waals surface area (Å²) < 4.78 is 115. The highest BCUT2D eigenvalue weighted by Gasteiger charge is 2.43. The lowest BCUT2D eigenvalue weighted by atomic mass is 9.76. The quantitative estimate of drug-likeness (QED) is 0.0589. The maximum Gasteiger partial charge on any atom is 0.335 e. The van der Waals surface area contributed by atoms with Gasteiger partial charge in [0.25, 0.3) is 25.2 Å². The molecule has 12 aromatic rings. The Kier molecular flexibility index (Phi) is 17.6. The maximum atomic E-state index is 13.6. The van der Waals surface area contributed by atoms with E-state index in [1.807, 2.05) is 0 Å². The van der Waals surface area contributed by atoms with E-state index in [0.717, 1.165) is 0 Å². The number of hydrogen-bond acceptors (Lipinski definition) is 22. The molecule has 0 saturated heterocycles. The van der Waals surface area contributed by atoms with Gasteiger partial charge in [0.15, 0.2) is 0 Å². The molecule has 0 saturated carbocycles. The van der Waals surface area contributed by atoms with Gasteiger partial charge < -0.3 is 106 Å². The van der Waals surface area contributed by atoms with Crippen LogP contribution in [0.4, 0.5) is 0 Å². The van der Waals surface area contributed by atoms with Gasteiger partial charge in [-0.15, -0.1) is 0 Å². The van der Waals surface area contributed by atoms with Gasteiger partial charge in [-0.1, -0.05) is 12.1 Å². The molecule has 0 unspecified atom stereocenters. The summed E-state index contributed by atoms with van der Waals surface area (Å²) in [7, 11) is 0. The highest BCUT2D eigenvalue weighted by molar-refractivity contribution is 5.89. The highest BCUT2D eigenvalue weighted by atomic mass is 16.7. The van der Waals surface area contributed by atoms with Crippen LogP contribution >= 0.6 is 0 Å². The lowest BCUT2D eigenvalue weighted by Crippen LogP contribution is -2.26. The molecule has 0 aromatic heterocycles. The number of carbonyl (C=O) groups is 6. The van der Waals surface area contributed by atoms with E-state index >= 15 is 0 Å². The van der Waals surface area contributed by atoms with Gasteiger partial charge in [0, 0.05) is 189 Å². The first-order valence-corrected chi connectivity index (χ1v) is 39.0. The van der Waals surface area contributed by atoms with Crippen LogP contribution in [0.25, 0.3) is 0 Å². The van der Waals surface area contributed by atoms with Crippen molar-refractivity contribution in [1.29, 1.82) is 0 Å². The van der Waals surface area contributed by atoms with Crippen molar-refractivity contribution in [2.24, 2.45) is 0 Å². The predicted octanol–water partition coefficient (Wildman–Crippen LogP) is 20.9. The average Bonchev–Trinajstić information content (AvgIpc) is 0.725. The van der Waals surface area contributed by atoms with Gasteiger partial charge in [0.1, 0.15) is 138 Å². The Morgan fingerprint density at radius 2 is 0.385 bits per heavy atom. The largest absolute Gasteiger partial charge is 0.481 e. The molecule has 0 spiro atoms. The number of aliphatic carboxylic acids is 4. The van der Waals surface area contributed by atoms with Crippen LogP contribution in [0, 0.1) is 0 Å². The molecule has 0 radical (unpaired) electrons. The van der Waals surface area contributed by atoms with Crippen molar-refractivity contribution in [3.05, 3.63) is 284 Å². The molecule has 0 amide bonds. The summed E-state index contributed by atoms with van der Waals surface area (Å²) in [6, 6.07) is 53.7. The first-order chi connectivity index (χ1) is 59.1. The zero-order valence-electron chi connectivity index (χ0n) is 63.6. The lowest BCUT2D eigenvalue weighted by Gasteiger charge is -2.38. The molecule has 40 bridgehead atoms. The van der Waals surface area contributed by atoms with E-state index in [4.69, 9.17) is 75.8 Å². The van der Waals surface area contributed by atoms with Crippen molar-refractivity contribution in [1.82, 2.24) is 0 Å². The first-order valence-electron chi connectivity index (χ1n) is 39.0. The minimum atomic E-state index is -1.67. The Labute approximate surface area is 690 Å². The van der Waals surface area contributed by atoms with Crippen LogP contribution in [-0.4, -0.2) is 66.5 Å². The minimum Gasteiger partial charge on any atom is -0.481 e. The molecule has 28 nitrogen and oxygen atoms in total. The summed E-state index contributed by atoms with van der Waals surface area (Å²) in [6.07, 6.45) is -9.47. The second kappa shape index (κ2) is 29.1. The summed E-state index contributed by atoms with van der Waals surface area (Å²) in [4.78, 5) is 81.3. The third kappa shape index (κ3) is 14.2. The Morgan fingerprint density at radius 3 is 0.566 bits per heavy atom. The molecule has 6 N–H and O–H groups in total. The van der Waals surface area contributed by atoms with Crippen LogP contribution in [0.3, 0.4) is 0 Å². The van der Waals surface area contributed by atoms with Gasteiger partial charge in [0.2, 0.25) is 0 Å². The Bertz CT molecular complexity index is 5650. The zero-order chi connectivity index (χ0) is 83.0. The summed E-state index contributed by atoms with van der Waals surface area (Å²) in [5.41, 5.74) is 2.56. The molecule has 608 valence electrons. The lowest BCUT2D eigenvalue weighted by molar-refractivity contribution is -0.138. The van der Waals surface area contributed by atoms with Crippen LogP contribution in [-0.2, 0) is 19.2 Å². The molecule has 28 heteroatoms. The monoisotopic (exact) mass is 1640 g/mol. The normalized spacial score (nSPS) is 18.9. The van der Waals surface area contributed by atoms with Crippen LogP contribution in [0.15, 0.2) is 206 Å². The fourth-order valence-corrected chi connectivity index (χ4v) is 17.2. The molecule has 21 rings (SSSR count). The van der Waals surface area contributed by atoms with E-state index in [9.17, 15) is 59.4 Å². The van der Waals surface area contributed by atoms with E-state index in [1.165, 1.54) is 60.7 Å². The second-order valence-corrected chi connectivity index (χ2v) is 30.6. The van der Waals surface area contributed by atoms with Crippen molar-refractivity contribution in [2.45, 2.75) is 100 Å². The Hall–Kier alpha value is -15.7. The molecule has 8 heterocycles. The molecule has 122 heavy (non-hydrogen) atoms. The number of carboxylic acid groups (broad SMARTS) is 6. The fourth-order valence-electron chi connectivity index (χ4n) is 17.2. The summed E-state index contributed by atoms with van der Waals surface area (Å²) in [5, 5.41) is 66.2. The first kappa shape index (κ1) is 73.9. The summed E-state index contributed by atoms with van der Waals surface area (Å²) >= 11 is 0. The summed E-state index contributed by atoms with van der Waals surface area (Å²) in [6.45, 7) is 0. The SMILES string of the molecule is O=C(O)CCC1c2cc3c4cc2OC2Oc5cc6c(cc51)C(CCC(=O)O)c1cc5c7cc1OC(O6)c1cc6cc(c1)Oc1cc(cc(C(=O)O)c1)Oc1cc8cc(c1)C(O7)Oc1cc(c(cc1C5CCC(=O)O)C3CCC(=O)O)OC(O4)c1cc(cc(c1)Oc1cc(cc(C(=O)O)c1)Oc1cc(cc2c1)Oc1cccc(c1)O6)Oc1cccc(c1)O8. The van der Waals surface area contributed by atoms with Crippen molar-refractivity contribution >= 4 is 35.8 Å². The van der Waals surface area contributed by atoms with E-state index in [-0.39, 0.29) is 197 Å². The van der Waals surface area contributed by atoms with Crippen molar-refractivity contribution in [3.63, 3.8) is 0 Å². The van der Waals surface area contributed by atoms with Gasteiger partial charge in [-0.05, 0) is 147 Å². The van der Waals surface area contributed by atoms with E-state index in [0.29, 0.717) is 44.5 Å². The minimum absolute atomic E-state index is 0.00157. The maximum absolute atomic E-state index is 13.6. The number of hydrogen-bond donors (Lipinski definition) is 6. The molecule has 0 atom stereocenters. The third-order valence-electron chi connectivity index (χ3n) is 22.5. The third-order valence-corrected chi connectivity index (χ3v) is 22.5. The van der Waals surface area contributed by atoms with Gasteiger partial charge in [-0.2, -0.15) is 0 Å². The molecule has 8 aliphatic heterocycles. The number of fused-ring (bicyclic) bond motifs is 16. The van der Waals surface area contributed by atoms with E-state index in [1.54, 1.807) is 146 Å². The van der Waals surface area contributed by atoms with E-state index in [2.05, 4.69) is 0 Å². The smallest absolute Gasteiger partial charge is 0.335 e. The number of aromatic carboxylic acids is 2. The standard InChI is InChI=1S/C94H64O28/c95-85(96)11-7-65-69-35-70-66(8-12-86(97)98)74-38-76-68(10-14-88(101)102)72-36-71-67(9-13-87(99)100)75-37-73(65)81-41-83(75)121-93-47-21-59-33-63(25-47)113-55-17-43(89(103)104)15-53(29-55)111-61-23-45-19-57(31-61)107-49-3-1-4-50(27-49)108-58-20-46-24-62(32-58)112-54-16-44(90(105)106)18-56(30-54)114-64-26-48(22-60(34-64)110-52-6-2-5-51(28-52)109-59)94(118-80(72)40-79(71)117-93)122-84(76)42-82(74)120-92(46)116-78(70)39-77(69)115-91(45)119-81/h1-6,15-42,65-68,91-94H,7-14H2,(H,95,96)(H,97,98)(H,99,100)(H,101,102)(H,103,104)(H,105,106). The van der Waals surface area contributed by atoms with Gasteiger partial charge in [-0.3, -0.25) is 19.2 Å². The number of rotatable bonds is 14. The second-order valence-electron chi connectivity index (χ2n) is 30.6. The summed E-state index contributed by atoms with van der Waals surface area (Å²) in [5.74, 6) is -11.1. The van der Waals surface area contributed by atoms with Gasteiger partial charge >= 0.3 is 35.8 Å². The van der Waals surface area contributed by atoms with Crippen molar-refractivity contribution in [3.8, 4) is 138 Å². The Balaban J connectivity index is 0.970. The predicted molar refractivity (Wildman–Crippen MR) is 423 cm³/mol. The molecule has 12 aromatic carbocycles.